The highest BCUT2D eigenvalue weighted by Crippen LogP contribution is 2.37. The number of esters is 1. The molecule has 4 nitrogen and oxygen atoms in total. The quantitative estimate of drug-likeness (QED) is 0.508. The molecular formula is C16H27NO3Si. The lowest BCUT2D eigenvalue weighted by Gasteiger charge is -2.36. The van der Waals surface area contributed by atoms with E-state index >= 15 is 0 Å². The first-order valence-electron chi connectivity index (χ1n) is 7.28. The van der Waals surface area contributed by atoms with E-state index in [2.05, 4.69) is 33.9 Å². The molecule has 0 bridgehead atoms. The minimum Gasteiger partial charge on any atom is -0.462 e. The minimum absolute atomic E-state index is 0.130. The molecule has 0 amide bonds. The first-order chi connectivity index (χ1) is 9.58. The third kappa shape index (κ3) is 4.57. The number of rotatable bonds is 5. The highest BCUT2D eigenvalue weighted by molar-refractivity contribution is 6.74. The number of carbonyl (C=O) groups is 1. The van der Waals surface area contributed by atoms with Crippen LogP contribution in [0.3, 0.4) is 0 Å². The molecule has 0 radical (unpaired) electrons. The van der Waals surface area contributed by atoms with Crippen LogP contribution >= 0.6 is 0 Å². The van der Waals surface area contributed by atoms with Crippen LogP contribution in [0.5, 0.6) is 0 Å². The molecule has 1 rings (SSSR count). The lowest BCUT2D eigenvalue weighted by molar-refractivity contribution is 0.0523. The van der Waals surface area contributed by atoms with Crippen molar-refractivity contribution >= 4 is 20.0 Å². The van der Waals surface area contributed by atoms with Gasteiger partial charge in [-0.3, -0.25) is 0 Å². The van der Waals surface area contributed by atoms with E-state index < -0.39 is 8.32 Å². The van der Waals surface area contributed by atoms with E-state index in [0.717, 1.165) is 5.56 Å². The first kappa shape index (κ1) is 17.7. The Morgan fingerprint density at radius 2 is 1.90 bits per heavy atom. The number of hydrogen-bond donors (Lipinski definition) is 1. The third-order valence-electron chi connectivity index (χ3n) is 4.02. The molecule has 1 aromatic rings. The summed E-state index contributed by atoms with van der Waals surface area (Å²) in [4.78, 5) is 12.0. The van der Waals surface area contributed by atoms with Crippen molar-refractivity contribution in [1.29, 1.82) is 0 Å². The van der Waals surface area contributed by atoms with Gasteiger partial charge in [-0.15, -0.1) is 0 Å². The van der Waals surface area contributed by atoms with Crippen molar-refractivity contribution in [2.24, 2.45) is 0 Å². The lowest BCUT2D eigenvalue weighted by Crippen LogP contribution is -2.40. The van der Waals surface area contributed by atoms with Gasteiger partial charge in [0.15, 0.2) is 8.32 Å². The van der Waals surface area contributed by atoms with Crippen molar-refractivity contribution in [2.45, 2.75) is 52.4 Å². The molecule has 5 heteroatoms. The summed E-state index contributed by atoms with van der Waals surface area (Å²) < 4.78 is 11.3. The molecule has 1 aromatic carbocycles. The summed E-state index contributed by atoms with van der Waals surface area (Å²) >= 11 is 0. The summed E-state index contributed by atoms with van der Waals surface area (Å²) in [6.45, 7) is 13.5. The van der Waals surface area contributed by atoms with Gasteiger partial charge in [0.05, 0.1) is 18.8 Å². The summed E-state index contributed by atoms with van der Waals surface area (Å²) in [5.41, 5.74) is 7.65. The highest BCUT2D eigenvalue weighted by Gasteiger charge is 2.37. The fourth-order valence-electron chi connectivity index (χ4n) is 1.59. The largest absolute Gasteiger partial charge is 0.462 e. The first-order valence-corrected chi connectivity index (χ1v) is 10.2. The molecule has 0 aromatic heterocycles. The lowest BCUT2D eigenvalue weighted by atomic mass is 10.1. The number of hydrogen-bond acceptors (Lipinski definition) is 4. The van der Waals surface area contributed by atoms with Crippen molar-refractivity contribution in [3.63, 3.8) is 0 Å². The Morgan fingerprint density at radius 3 is 2.43 bits per heavy atom. The van der Waals surface area contributed by atoms with Gasteiger partial charge in [-0.2, -0.15) is 0 Å². The van der Waals surface area contributed by atoms with Gasteiger partial charge in [0.25, 0.3) is 0 Å². The van der Waals surface area contributed by atoms with Crippen molar-refractivity contribution in [3.8, 4) is 0 Å². The molecule has 0 saturated heterocycles. The average molecular weight is 309 g/mol. The van der Waals surface area contributed by atoms with E-state index in [4.69, 9.17) is 14.9 Å². The summed E-state index contributed by atoms with van der Waals surface area (Å²) in [5, 5.41) is 0.130. The molecule has 21 heavy (non-hydrogen) atoms. The molecule has 0 unspecified atom stereocenters. The fourth-order valence-corrected chi connectivity index (χ4v) is 2.54. The summed E-state index contributed by atoms with van der Waals surface area (Å²) in [6.07, 6.45) is 0. The maximum atomic E-state index is 12.0. The Morgan fingerprint density at radius 1 is 1.29 bits per heavy atom. The normalized spacial score (nSPS) is 12.3. The van der Waals surface area contributed by atoms with Crippen LogP contribution in [0.1, 0.15) is 43.6 Å². The van der Waals surface area contributed by atoms with Gasteiger partial charge in [0.2, 0.25) is 0 Å². The number of benzene rings is 1. The van der Waals surface area contributed by atoms with E-state index in [0.29, 0.717) is 24.5 Å². The van der Waals surface area contributed by atoms with Crippen molar-refractivity contribution in [2.75, 3.05) is 12.3 Å². The van der Waals surface area contributed by atoms with E-state index in [1.165, 1.54) is 0 Å². The Bertz CT molecular complexity index is 507. The van der Waals surface area contributed by atoms with Gasteiger partial charge in [0.1, 0.15) is 0 Å². The molecule has 0 atom stereocenters. The second-order valence-electron chi connectivity index (χ2n) is 6.69. The van der Waals surface area contributed by atoms with E-state index in [9.17, 15) is 4.79 Å². The molecule has 2 N–H and O–H groups in total. The van der Waals surface area contributed by atoms with Crippen LogP contribution in [-0.4, -0.2) is 20.9 Å². The van der Waals surface area contributed by atoms with Crippen molar-refractivity contribution in [1.82, 2.24) is 0 Å². The van der Waals surface area contributed by atoms with Gasteiger partial charge in [-0.25, -0.2) is 4.79 Å². The van der Waals surface area contributed by atoms with Crippen LogP contribution in [0.15, 0.2) is 18.2 Å². The molecular weight excluding hydrogens is 282 g/mol. The Kier molecular flexibility index (Phi) is 5.59. The van der Waals surface area contributed by atoms with Crippen LogP contribution in [0.4, 0.5) is 5.69 Å². The maximum Gasteiger partial charge on any atom is 0.338 e. The molecule has 0 aliphatic carbocycles. The molecule has 0 aliphatic heterocycles. The van der Waals surface area contributed by atoms with E-state index in [1.807, 2.05) is 6.07 Å². The molecule has 0 saturated carbocycles. The zero-order chi connectivity index (χ0) is 16.3. The third-order valence-corrected chi connectivity index (χ3v) is 8.50. The van der Waals surface area contributed by atoms with Crippen LogP contribution in [-0.2, 0) is 15.8 Å². The molecule has 0 aliphatic rings. The minimum atomic E-state index is -1.86. The summed E-state index contributed by atoms with van der Waals surface area (Å²) in [6, 6.07) is 5.28. The monoisotopic (exact) mass is 309 g/mol. The highest BCUT2D eigenvalue weighted by atomic mass is 28.4. The topological polar surface area (TPSA) is 61.5 Å². The van der Waals surface area contributed by atoms with E-state index in [-0.39, 0.29) is 11.0 Å². The predicted molar refractivity (Wildman–Crippen MR) is 88.8 cm³/mol. The van der Waals surface area contributed by atoms with Crippen LogP contribution < -0.4 is 5.73 Å². The van der Waals surface area contributed by atoms with Crippen molar-refractivity contribution < 1.29 is 14.0 Å². The number of carbonyl (C=O) groups excluding carboxylic acids is 1. The SMILES string of the molecule is CCOC(=O)c1cc(N)ccc1CO[Si](C)(C)C(C)(C)C. The number of nitrogens with two attached hydrogens (primary N) is 1. The van der Waals surface area contributed by atoms with Gasteiger partial charge in [0, 0.05) is 5.69 Å². The summed E-state index contributed by atoms with van der Waals surface area (Å²) in [7, 11) is -1.86. The fraction of sp³-hybridized carbons (Fsp3) is 0.562. The van der Waals surface area contributed by atoms with Gasteiger partial charge < -0.3 is 14.9 Å². The molecule has 0 heterocycles. The van der Waals surface area contributed by atoms with Gasteiger partial charge >= 0.3 is 5.97 Å². The molecule has 118 valence electrons. The molecule has 0 fully saturated rings. The van der Waals surface area contributed by atoms with Crippen LogP contribution in [0.2, 0.25) is 18.1 Å². The summed E-state index contributed by atoms with van der Waals surface area (Å²) in [5.74, 6) is -0.348. The standard InChI is InChI=1S/C16H27NO3Si/c1-7-19-15(18)14-10-13(17)9-8-12(14)11-20-21(5,6)16(2,3)4/h8-10H,7,11,17H2,1-6H3. The molecule has 0 spiro atoms. The predicted octanol–water partition coefficient (Wildman–Crippen LogP) is 3.97. The van der Waals surface area contributed by atoms with Gasteiger partial charge in [-0.1, -0.05) is 26.8 Å². The van der Waals surface area contributed by atoms with E-state index in [1.54, 1.807) is 19.1 Å². The Labute approximate surface area is 128 Å². The number of nitrogen functional groups attached to an aromatic ring is 1. The van der Waals surface area contributed by atoms with Crippen molar-refractivity contribution in [3.05, 3.63) is 29.3 Å². The van der Waals surface area contributed by atoms with Crippen LogP contribution in [0.25, 0.3) is 0 Å². The average Bonchev–Trinajstić information content (AvgIpc) is 2.36. The van der Waals surface area contributed by atoms with Crippen LogP contribution in [0, 0.1) is 0 Å². The zero-order valence-corrected chi connectivity index (χ0v) is 14.9. The zero-order valence-electron chi connectivity index (χ0n) is 13.9. The number of anilines is 1. The van der Waals surface area contributed by atoms with Gasteiger partial charge in [-0.05, 0) is 42.8 Å². The second-order valence-corrected chi connectivity index (χ2v) is 11.5. The second kappa shape index (κ2) is 6.62. The maximum absolute atomic E-state index is 12.0. The number of ether oxygens (including phenoxy) is 1. The Balaban J connectivity index is 2.96. The smallest absolute Gasteiger partial charge is 0.338 e. The Hall–Kier alpha value is -1.33.